The van der Waals surface area contributed by atoms with Gasteiger partial charge in [-0.05, 0) is 6.07 Å². The normalized spacial score (nSPS) is 24.1. The largest absolute Gasteiger partial charge is 0.492 e. The van der Waals surface area contributed by atoms with Crippen LogP contribution in [-0.4, -0.2) is 34.3 Å². The molecule has 1 aliphatic rings. The van der Waals surface area contributed by atoms with E-state index in [1.54, 1.807) is 0 Å². The van der Waals surface area contributed by atoms with Crippen LogP contribution in [0.2, 0.25) is 5.02 Å². The molecule has 2 unspecified atom stereocenters. The Hall–Kier alpha value is -1.08. The number of Topliss-reactive ketones (excluding diaryl/α,β-unsaturated/α-hetero) is 1. The van der Waals surface area contributed by atoms with Crippen molar-refractivity contribution in [3.8, 4) is 5.75 Å². The highest BCUT2D eigenvalue weighted by atomic mass is 35.5. The Kier molecular flexibility index (Phi) is 4.87. The van der Waals surface area contributed by atoms with Gasteiger partial charge in [0.05, 0.1) is 12.1 Å². The second kappa shape index (κ2) is 6.20. The highest BCUT2D eigenvalue weighted by molar-refractivity contribution is 6.60. The monoisotopic (exact) mass is 369 g/mol. The van der Waals surface area contributed by atoms with Crippen molar-refractivity contribution in [1.82, 2.24) is 5.32 Å². The first kappa shape index (κ1) is 17.3. The number of alkyl halides is 2. The Labute approximate surface area is 140 Å². The lowest BCUT2D eigenvalue weighted by atomic mass is 9.91. The maximum absolute atomic E-state index is 14.4. The Balaban J connectivity index is 2.43. The zero-order valence-electron chi connectivity index (χ0n) is 11.2. The van der Waals surface area contributed by atoms with Gasteiger partial charge in [-0.15, -0.1) is 0 Å². The number of hydrogen-bond donors (Lipinski definition) is 2. The third-order valence-corrected chi connectivity index (χ3v) is 4.55. The number of carbonyl (C=O) groups excluding carboxylic acids is 1. The molecule has 0 amide bonds. The summed E-state index contributed by atoms with van der Waals surface area (Å²) < 4.78 is 17.1. The quantitative estimate of drug-likeness (QED) is 0.800. The summed E-state index contributed by atoms with van der Waals surface area (Å²) in [5, 5.41) is 11.8. The van der Waals surface area contributed by atoms with E-state index in [1.807, 2.05) is 0 Å². The molecule has 2 atom stereocenters. The molecule has 1 aromatic rings. The van der Waals surface area contributed by atoms with Crippen molar-refractivity contribution < 1.29 is 23.8 Å². The topological polar surface area (TPSA) is 75.6 Å². The molecule has 5 nitrogen and oxygen atoms in total. The standard InChI is InChI=1S/C13H11Cl3FNO4/c1-22-10-6(14)3-2-5(9(10)17)7-4-8(19)13(15,16)11(18-7)12(20)21/h2-3,7,11,18H,4H2,1H3,(H,20,21). The number of carbonyl (C=O) groups is 2. The van der Waals surface area contributed by atoms with Crippen molar-refractivity contribution in [2.24, 2.45) is 0 Å². The van der Waals surface area contributed by atoms with E-state index in [-0.39, 0.29) is 22.8 Å². The fraction of sp³-hybridized carbons (Fsp3) is 0.385. The second-order valence-electron chi connectivity index (χ2n) is 4.72. The smallest absolute Gasteiger partial charge is 0.324 e. The minimum absolute atomic E-state index is 0.0460. The Morgan fingerprint density at radius 3 is 2.68 bits per heavy atom. The van der Waals surface area contributed by atoms with Gasteiger partial charge in [-0.2, -0.15) is 0 Å². The molecule has 0 aromatic heterocycles. The summed E-state index contributed by atoms with van der Waals surface area (Å²) in [5.74, 6) is -3.08. The van der Waals surface area contributed by atoms with Crippen LogP contribution < -0.4 is 10.1 Å². The highest BCUT2D eigenvalue weighted by Crippen LogP contribution is 2.40. The number of ether oxygens (including phenoxy) is 1. The van der Waals surface area contributed by atoms with E-state index < -0.39 is 34.0 Å². The molecule has 0 spiro atoms. The average Bonchev–Trinajstić information content (AvgIpc) is 2.42. The third-order valence-electron chi connectivity index (χ3n) is 3.40. The summed E-state index contributed by atoms with van der Waals surface area (Å²) in [6.07, 6.45) is -0.265. The maximum Gasteiger partial charge on any atom is 0.324 e. The van der Waals surface area contributed by atoms with E-state index >= 15 is 0 Å². The zero-order chi connectivity index (χ0) is 16.7. The fourth-order valence-corrected chi connectivity index (χ4v) is 2.97. The first-order valence-corrected chi connectivity index (χ1v) is 7.25. The summed E-state index contributed by atoms with van der Waals surface area (Å²) in [6.45, 7) is 0. The molecule has 0 bridgehead atoms. The van der Waals surface area contributed by atoms with Crippen LogP contribution >= 0.6 is 34.8 Å². The average molecular weight is 371 g/mol. The fourth-order valence-electron chi connectivity index (χ4n) is 2.28. The second-order valence-corrected chi connectivity index (χ2v) is 6.52. The van der Waals surface area contributed by atoms with Crippen LogP contribution in [0.3, 0.4) is 0 Å². The van der Waals surface area contributed by atoms with Gasteiger partial charge in [0.15, 0.2) is 17.3 Å². The molecule has 120 valence electrons. The SMILES string of the molecule is COc1c(Cl)ccc(C2CC(=O)C(Cl)(Cl)C(C(=O)O)N2)c1F. The summed E-state index contributed by atoms with van der Waals surface area (Å²) >= 11 is 17.4. The van der Waals surface area contributed by atoms with Gasteiger partial charge in [-0.25, -0.2) is 4.39 Å². The minimum atomic E-state index is -2.12. The molecule has 9 heteroatoms. The van der Waals surface area contributed by atoms with Crippen LogP contribution in [-0.2, 0) is 9.59 Å². The zero-order valence-corrected chi connectivity index (χ0v) is 13.5. The highest BCUT2D eigenvalue weighted by Gasteiger charge is 2.51. The number of rotatable bonds is 3. The van der Waals surface area contributed by atoms with Gasteiger partial charge in [-0.1, -0.05) is 40.9 Å². The third kappa shape index (κ3) is 2.88. The molecule has 1 aromatic carbocycles. The van der Waals surface area contributed by atoms with Crippen molar-refractivity contribution in [3.05, 3.63) is 28.5 Å². The lowest BCUT2D eigenvalue weighted by molar-refractivity contribution is -0.143. The van der Waals surface area contributed by atoms with E-state index in [9.17, 15) is 14.0 Å². The molecule has 0 aliphatic carbocycles. The van der Waals surface area contributed by atoms with Gasteiger partial charge >= 0.3 is 5.97 Å². The van der Waals surface area contributed by atoms with Crippen molar-refractivity contribution in [1.29, 1.82) is 0 Å². The summed E-state index contributed by atoms with van der Waals surface area (Å²) in [4.78, 5) is 23.2. The molecule has 1 fully saturated rings. The molecule has 0 saturated carbocycles. The number of piperidine rings is 1. The first-order chi connectivity index (χ1) is 10.2. The van der Waals surface area contributed by atoms with Gasteiger partial charge < -0.3 is 9.84 Å². The van der Waals surface area contributed by atoms with Crippen LogP contribution in [0.15, 0.2) is 12.1 Å². The van der Waals surface area contributed by atoms with Gasteiger partial charge in [0.25, 0.3) is 0 Å². The lowest BCUT2D eigenvalue weighted by Gasteiger charge is -2.36. The Morgan fingerprint density at radius 2 is 2.14 bits per heavy atom. The predicted molar refractivity (Wildman–Crippen MR) is 79.3 cm³/mol. The molecule has 2 rings (SSSR count). The number of nitrogens with one attached hydrogen (secondary N) is 1. The summed E-state index contributed by atoms with van der Waals surface area (Å²) in [6, 6.07) is 0.261. The number of aliphatic carboxylic acids is 1. The number of methoxy groups -OCH3 is 1. The van der Waals surface area contributed by atoms with Gasteiger partial charge in [0.2, 0.25) is 4.33 Å². The van der Waals surface area contributed by atoms with Crippen LogP contribution in [0.1, 0.15) is 18.0 Å². The Bertz CT molecular complexity index is 638. The molecular weight excluding hydrogens is 360 g/mol. The van der Waals surface area contributed by atoms with E-state index in [0.717, 1.165) is 0 Å². The van der Waals surface area contributed by atoms with E-state index in [0.29, 0.717) is 0 Å². The molecule has 22 heavy (non-hydrogen) atoms. The van der Waals surface area contributed by atoms with E-state index in [2.05, 4.69) is 5.32 Å². The van der Waals surface area contributed by atoms with E-state index in [1.165, 1.54) is 19.2 Å². The van der Waals surface area contributed by atoms with Gasteiger partial charge in [-0.3, -0.25) is 14.9 Å². The number of carboxylic acid groups (broad SMARTS) is 1. The minimum Gasteiger partial charge on any atom is -0.492 e. The molecule has 2 N–H and O–H groups in total. The molecule has 1 heterocycles. The number of hydrogen-bond acceptors (Lipinski definition) is 4. The van der Waals surface area contributed by atoms with Crippen molar-refractivity contribution >= 4 is 46.6 Å². The first-order valence-electron chi connectivity index (χ1n) is 6.12. The number of halogens is 4. The van der Waals surface area contributed by atoms with Crippen molar-refractivity contribution in [3.63, 3.8) is 0 Å². The number of carboxylic acids is 1. The van der Waals surface area contributed by atoms with Gasteiger partial charge in [0, 0.05) is 18.0 Å². The number of benzene rings is 1. The van der Waals surface area contributed by atoms with Crippen LogP contribution in [0.4, 0.5) is 4.39 Å². The molecule has 1 saturated heterocycles. The number of ketones is 1. The van der Waals surface area contributed by atoms with Crippen LogP contribution in [0, 0.1) is 5.82 Å². The predicted octanol–water partition coefficient (Wildman–Crippen LogP) is 2.72. The van der Waals surface area contributed by atoms with Crippen molar-refractivity contribution in [2.75, 3.05) is 7.11 Å². The molecule has 1 aliphatic heterocycles. The molecular formula is C13H11Cl3FNO4. The maximum atomic E-state index is 14.4. The van der Waals surface area contributed by atoms with Crippen LogP contribution in [0.25, 0.3) is 0 Å². The lowest BCUT2D eigenvalue weighted by Crippen LogP contribution is -2.59. The summed E-state index contributed by atoms with van der Waals surface area (Å²) in [7, 11) is 1.25. The van der Waals surface area contributed by atoms with Crippen LogP contribution in [0.5, 0.6) is 5.75 Å². The van der Waals surface area contributed by atoms with E-state index in [4.69, 9.17) is 44.6 Å². The van der Waals surface area contributed by atoms with Crippen molar-refractivity contribution in [2.45, 2.75) is 22.8 Å². The molecule has 0 radical (unpaired) electrons. The summed E-state index contributed by atoms with van der Waals surface area (Å²) in [5.41, 5.74) is 0.0460. The van der Waals surface area contributed by atoms with Gasteiger partial charge in [0.1, 0.15) is 6.04 Å². The Morgan fingerprint density at radius 1 is 1.50 bits per heavy atom.